The highest BCUT2D eigenvalue weighted by Gasteiger charge is 2.13. The molecule has 0 saturated carbocycles. The van der Waals surface area contributed by atoms with Gasteiger partial charge in [0.25, 0.3) is 10.2 Å². The molecule has 0 aliphatic carbocycles. The van der Waals surface area contributed by atoms with E-state index in [4.69, 9.17) is 10.5 Å². The lowest BCUT2D eigenvalue weighted by molar-refractivity contribution is 0.204. The van der Waals surface area contributed by atoms with Gasteiger partial charge < -0.3 is 10.5 Å². The Morgan fingerprint density at radius 2 is 2.00 bits per heavy atom. The van der Waals surface area contributed by atoms with E-state index in [0.29, 0.717) is 23.5 Å². The normalized spacial score (nSPS) is 11.5. The lowest BCUT2D eigenvalue weighted by atomic mass is 10.1. The van der Waals surface area contributed by atoms with Crippen LogP contribution in [-0.4, -0.2) is 28.7 Å². The fourth-order valence-electron chi connectivity index (χ4n) is 1.47. The molecule has 0 unspecified atom stereocenters. The number of ether oxygens (including phenoxy) is 1. The molecule has 0 spiro atoms. The van der Waals surface area contributed by atoms with Gasteiger partial charge in [0, 0.05) is 19.3 Å². The summed E-state index contributed by atoms with van der Waals surface area (Å²) in [5.41, 5.74) is 8.35. The molecule has 0 saturated heterocycles. The van der Waals surface area contributed by atoms with E-state index >= 15 is 0 Å². The molecule has 0 bridgehead atoms. The van der Waals surface area contributed by atoms with Crippen LogP contribution >= 0.6 is 0 Å². The van der Waals surface area contributed by atoms with Crippen molar-refractivity contribution >= 4 is 21.6 Å². The van der Waals surface area contributed by atoms with Gasteiger partial charge in [-0.1, -0.05) is 6.07 Å². The van der Waals surface area contributed by atoms with Gasteiger partial charge in [0.1, 0.15) is 0 Å². The van der Waals surface area contributed by atoms with E-state index in [1.165, 1.54) is 7.11 Å². The molecule has 1 aromatic carbocycles. The number of hydrogen-bond acceptors (Lipinski definition) is 4. The molecule has 0 aliphatic heterocycles. The van der Waals surface area contributed by atoms with E-state index < -0.39 is 10.2 Å². The molecular formula is C11H19N3O3S. The monoisotopic (exact) mass is 273 g/mol. The highest BCUT2D eigenvalue weighted by atomic mass is 32.2. The number of aryl methyl sites for hydroxylation is 1. The van der Waals surface area contributed by atoms with Crippen LogP contribution in [0.4, 0.5) is 11.4 Å². The zero-order chi connectivity index (χ0) is 13.8. The lowest BCUT2D eigenvalue weighted by Gasteiger charge is -2.15. The van der Waals surface area contributed by atoms with Gasteiger partial charge in [-0.05, 0) is 31.0 Å². The average Bonchev–Trinajstić information content (AvgIpc) is 2.30. The van der Waals surface area contributed by atoms with Gasteiger partial charge in [-0.25, -0.2) is 0 Å². The van der Waals surface area contributed by atoms with Crippen LogP contribution in [0.2, 0.25) is 0 Å². The van der Waals surface area contributed by atoms with Crippen LogP contribution in [-0.2, 0) is 14.9 Å². The molecule has 0 fully saturated rings. The second kappa shape index (κ2) is 6.03. The summed E-state index contributed by atoms with van der Waals surface area (Å²) < 4.78 is 33.2. The second-order valence-electron chi connectivity index (χ2n) is 3.96. The molecule has 6 nitrogen and oxygen atoms in total. The Hall–Kier alpha value is -1.31. The van der Waals surface area contributed by atoms with Gasteiger partial charge in [0.15, 0.2) is 0 Å². The third-order valence-corrected chi connectivity index (χ3v) is 3.61. The molecule has 0 heterocycles. The van der Waals surface area contributed by atoms with Gasteiger partial charge in [-0.2, -0.15) is 13.1 Å². The molecule has 0 aliphatic rings. The number of methoxy groups -OCH3 is 1. The number of nitrogens with one attached hydrogen (secondary N) is 2. The minimum absolute atomic E-state index is 0.215. The van der Waals surface area contributed by atoms with Crippen molar-refractivity contribution in [3.63, 3.8) is 0 Å². The summed E-state index contributed by atoms with van der Waals surface area (Å²) in [6.07, 6.45) is 0. The molecule has 102 valence electrons. The zero-order valence-corrected chi connectivity index (χ0v) is 11.6. The van der Waals surface area contributed by atoms with Gasteiger partial charge in [-0.15, -0.1) is 0 Å². The second-order valence-corrected chi connectivity index (χ2v) is 5.46. The van der Waals surface area contributed by atoms with E-state index in [1.807, 2.05) is 6.92 Å². The number of hydrogen-bond donors (Lipinski definition) is 3. The fraction of sp³-hybridized carbons (Fsp3) is 0.455. The van der Waals surface area contributed by atoms with Crippen molar-refractivity contribution < 1.29 is 13.2 Å². The van der Waals surface area contributed by atoms with Crippen molar-refractivity contribution in [2.45, 2.75) is 13.8 Å². The largest absolute Gasteiger partial charge is 0.398 e. The topological polar surface area (TPSA) is 93.4 Å². The molecule has 0 amide bonds. The van der Waals surface area contributed by atoms with Crippen LogP contribution in [0.15, 0.2) is 12.1 Å². The lowest BCUT2D eigenvalue weighted by Crippen LogP contribution is -2.33. The van der Waals surface area contributed by atoms with Crippen LogP contribution in [0.1, 0.15) is 11.1 Å². The first-order valence-electron chi connectivity index (χ1n) is 5.49. The summed E-state index contributed by atoms with van der Waals surface area (Å²) in [6.45, 7) is 4.12. The van der Waals surface area contributed by atoms with Crippen molar-refractivity contribution in [1.29, 1.82) is 0 Å². The van der Waals surface area contributed by atoms with Crippen molar-refractivity contribution in [2.24, 2.45) is 0 Å². The number of nitrogens with two attached hydrogens (primary N) is 1. The van der Waals surface area contributed by atoms with E-state index in [-0.39, 0.29) is 6.54 Å². The van der Waals surface area contributed by atoms with Crippen molar-refractivity contribution in [2.75, 3.05) is 30.7 Å². The molecule has 1 aromatic rings. The smallest absolute Gasteiger partial charge is 0.299 e. The highest BCUT2D eigenvalue weighted by molar-refractivity contribution is 7.90. The summed E-state index contributed by atoms with van der Waals surface area (Å²) in [5.74, 6) is 0. The molecule has 18 heavy (non-hydrogen) atoms. The van der Waals surface area contributed by atoms with Crippen molar-refractivity contribution in [1.82, 2.24) is 4.72 Å². The average molecular weight is 273 g/mol. The first-order valence-corrected chi connectivity index (χ1v) is 6.97. The Morgan fingerprint density at radius 3 is 2.61 bits per heavy atom. The van der Waals surface area contributed by atoms with E-state index in [1.54, 1.807) is 19.1 Å². The molecule has 4 N–H and O–H groups in total. The third kappa shape index (κ3) is 3.86. The van der Waals surface area contributed by atoms with E-state index in [2.05, 4.69) is 9.44 Å². The fourth-order valence-corrected chi connectivity index (χ4v) is 2.48. The predicted octanol–water partition coefficient (Wildman–Crippen LogP) is 0.778. The Bertz CT molecular complexity index is 515. The molecule has 0 atom stereocenters. The summed E-state index contributed by atoms with van der Waals surface area (Å²) in [5, 5.41) is 0. The molecule has 7 heteroatoms. The summed E-state index contributed by atoms with van der Waals surface area (Å²) in [6, 6.07) is 3.52. The van der Waals surface area contributed by atoms with Crippen LogP contribution in [0.3, 0.4) is 0 Å². The molecule has 0 aromatic heterocycles. The molecular weight excluding hydrogens is 254 g/mol. The number of rotatable bonds is 6. The zero-order valence-electron chi connectivity index (χ0n) is 10.8. The number of anilines is 2. The maximum Gasteiger partial charge on any atom is 0.299 e. The predicted molar refractivity (Wildman–Crippen MR) is 72.7 cm³/mol. The first-order chi connectivity index (χ1) is 8.37. The first kappa shape index (κ1) is 14.7. The Balaban J connectivity index is 2.87. The maximum absolute atomic E-state index is 11.8. The molecule has 1 rings (SSSR count). The highest BCUT2D eigenvalue weighted by Crippen LogP contribution is 2.25. The van der Waals surface area contributed by atoms with Crippen molar-refractivity contribution in [3.8, 4) is 0 Å². The number of nitrogen functional groups attached to an aromatic ring is 1. The van der Waals surface area contributed by atoms with E-state index in [0.717, 1.165) is 5.56 Å². The summed E-state index contributed by atoms with van der Waals surface area (Å²) >= 11 is 0. The minimum Gasteiger partial charge on any atom is -0.398 e. The number of benzene rings is 1. The standard InChI is InChI=1S/C11H19N3O3S/c1-8-4-5-10(12)9(2)11(8)14-18(15,16)13-6-7-17-3/h4-5,13-14H,6-7,12H2,1-3H3. The van der Waals surface area contributed by atoms with Gasteiger partial charge in [-0.3, -0.25) is 4.72 Å². The summed E-state index contributed by atoms with van der Waals surface area (Å²) in [7, 11) is -2.10. The van der Waals surface area contributed by atoms with Crippen LogP contribution in [0, 0.1) is 13.8 Å². The Labute approximate surface area is 108 Å². The third-order valence-electron chi connectivity index (χ3n) is 2.55. The van der Waals surface area contributed by atoms with Crippen LogP contribution < -0.4 is 15.2 Å². The molecule has 0 radical (unpaired) electrons. The van der Waals surface area contributed by atoms with Crippen LogP contribution in [0.5, 0.6) is 0 Å². The quantitative estimate of drug-likeness (QED) is 0.527. The van der Waals surface area contributed by atoms with E-state index in [9.17, 15) is 8.42 Å². The minimum atomic E-state index is -3.60. The Morgan fingerprint density at radius 1 is 1.33 bits per heavy atom. The Kier molecular flexibility index (Phi) is 4.94. The van der Waals surface area contributed by atoms with Gasteiger partial charge >= 0.3 is 0 Å². The van der Waals surface area contributed by atoms with Crippen molar-refractivity contribution in [3.05, 3.63) is 23.3 Å². The van der Waals surface area contributed by atoms with Gasteiger partial charge in [0.2, 0.25) is 0 Å². The maximum atomic E-state index is 11.8. The van der Waals surface area contributed by atoms with Gasteiger partial charge in [0.05, 0.1) is 12.3 Å². The van der Waals surface area contributed by atoms with Crippen LogP contribution in [0.25, 0.3) is 0 Å². The summed E-state index contributed by atoms with van der Waals surface area (Å²) in [4.78, 5) is 0. The SMILES string of the molecule is COCCNS(=O)(=O)Nc1c(C)ccc(N)c1C.